The molecule has 1 unspecified atom stereocenters. The molecule has 1 atom stereocenters. The van der Waals surface area contributed by atoms with Crippen molar-refractivity contribution in [3.63, 3.8) is 0 Å². The minimum Gasteiger partial charge on any atom is -0.493 e. The number of amides is 1. The molecule has 0 saturated carbocycles. The van der Waals surface area contributed by atoms with E-state index in [9.17, 15) is 9.59 Å². The summed E-state index contributed by atoms with van der Waals surface area (Å²) in [6, 6.07) is 16.3. The minimum atomic E-state index is -0.680. The second kappa shape index (κ2) is 10.0. The van der Waals surface area contributed by atoms with Gasteiger partial charge in [0.05, 0.1) is 30.7 Å². The first-order valence-corrected chi connectivity index (χ1v) is 13.0. The summed E-state index contributed by atoms with van der Waals surface area (Å²) in [5.74, 6) is 1.43. The predicted molar refractivity (Wildman–Crippen MR) is 150 cm³/mol. The highest BCUT2D eigenvalue weighted by atomic mass is 16.5. The predicted octanol–water partition coefficient (Wildman–Crippen LogP) is 6.90. The molecular weight excluding hydrogens is 478 g/mol. The summed E-state index contributed by atoms with van der Waals surface area (Å²) in [5.41, 5.74) is 4.98. The van der Waals surface area contributed by atoms with Gasteiger partial charge in [-0.15, -0.1) is 0 Å². The van der Waals surface area contributed by atoms with Crippen LogP contribution in [-0.2, 0) is 0 Å². The molecule has 0 saturated heterocycles. The van der Waals surface area contributed by atoms with Crippen molar-refractivity contribution in [3.05, 3.63) is 98.4 Å². The summed E-state index contributed by atoms with van der Waals surface area (Å²) >= 11 is 0. The molecule has 0 spiro atoms. The van der Waals surface area contributed by atoms with Crippen LogP contribution in [0.4, 0.5) is 5.69 Å². The first-order valence-electron chi connectivity index (χ1n) is 13.0. The number of rotatable bonds is 7. The highest BCUT2D eigenvalue weighted by molar-refractivity contribution is 6.10. The van der Waals surface area contributed by atoms with Gasteiger partial charge in [-0.1, -0.05) is 32.0 Å². The second-order valence-electron chi connectivity index (χ2n) is 10.5. The molecule has 2 heterocycles. The third-order valence-corrected chi connectivity index (χ3v) is 7.22. The molecule has 0 N–H and O–H groups in total. The van der Waals surface area contributed by atoms with Crippen LogP contribution in [0.5, 0.6) is 11.5 Å². The Kier molecular flexibility index (Phi) is 6.74. The Hall–Kier alpha value is -4.06. The molecular formula is C32H33NO5. The van der Waals surface area contributed by atoms with Crippen molar-refractivity contribution in [3.8, 4) is 11.5 Å². The van der Waals surface area contributed by atoms with Gasteiger partial charge in [-0.05, 0) is 91.8 Å². The Morgan fingerprint density at radius 3 is 2.42 bits per heavy atom. The van der Waals surface area contributed by atoms with Crippen LogP contribution in [0.1, 0.15) is 64.7 Å². The maximum absolute atomic E-state index is 14.0. The van der Waals surface area contributed by atoms with Crippen LogP contribution >= 0.6 is 0 Å². The standard InChI is InChI=1S/C32H33NO5/c1-18(2)12-13-37-25-11-10-22(17-27(25)36-6)29-28-30(34)24-15-20(4)21(5)16-26(24)38-31(28)32(35)33(29)23-9-7-8-19(3)14-23/h7-11,14-18,29H,12-13H2,1-6H3. The highest BCUT2D eigenvalue weighted by Gasteiger charge is 2.44. The molecule has 6 heteroatoms. The van der Waals surface area contributed by atoms with Gasteiger partial charge in [0.15, 0.2) is 16.9 Å². The molecule has 1 aromatic heterocycles. The van der Waals surface area contributed by atoms with Crippen LogP contribution in [0.2, 0.25) is 0 Å². The quantitative estimate of drug-likeness (QED) is 0.270. The number of hydrogen-bond donors (Lipinski definition) is 0. The van der Waals surface area contributed by atoms with E-state index in [4.69, 9.17) is 13.9 Å². The Bertz CT molecular complexity index is 1600. The fourth-order valence-electron chi connectivity index (χ4n) is 4.97. The summed E-state index contributed by atoms with van der Waals surface area (Å²) in [4.78, 5) is 29.5. The van der Waals surface area contributed by atoms with Gasteiger partial charge in [-0.25, -0.2) is 0 Å². The van der Waals surface area contributed by atoms with E-state index in [1.54, 1.807) is 12.0 Å². The summed E-state index contributed by atoms with van der Waals surface area (Å²) in [6.07, 6.45) is 0.920. The van der Waals surface area contributed by atoms with Crippen molar-refractivity contribution in [1.29, 1.82) is 0 Å². The molecule has 1 amide bonds. The third kappa shape index (κ3) is 4.44. The van der Waals surface area contributed by atoms with Gasteiger partial charge in [0.2, 0.25) is 5.76 Å². The maximum atomic E-state index is 14.0. The molecule has 5 rings (SSSR count). The summed E-state index contributed by atoms with van der Waals surface area (Å²) in [5, 5.41) is 0.469. The van der Waals surface area contributed by atoms with Gasteiger partial charge in [-0.3, -0.25) is 14.5 Å². The molecule has 0 bridgehead atoms. The Labute approximate surface area is 222 Å². The monoisotopic (exact) mass is 511 g/mol. The molecule has 196 valence electrons. The minimum absolute atomic E-state index is 0.0773. The molecule has 0 radical (unpaired) electrons. The van der Waals surface area contributed by atoms with Gasteiger partial charge >= 0.3 is 0 Å². The number of ether oxygens (including phenoxy) is 2. The van der Waals surface area contributed by atoms with Crippen LogP contribution < -0.4 is 19.8 Å². The lowest BCUT2D eigenvalue weighted by atomic mass is 9.96. The number of anilines is 1. The average Bonchev–Trinajstić information content (AvgIpc) is 3.17. The lowest BCUT2D eigenvalue weighted by molar-refractivity contribution is 0.0971. The molecule has 1 aliphatic rings. The fourth-order valence-corrected chi connectivity index (χ4v) is 4.97. The van der Waals surface area contributed by atoms with Gasteiger partial charge in [0, 0.05) is 5.69 Å². The van der Waals surface area contributed by atoms with Crippen molar-refractivity contribution in [2.75, 3.05) is 18.6 Å². The molecule has 0 fully saturated rings. The number of aryl methyl sites for hydroxylation is 3. The van der Waals surface area contributed by atoms with Crippen LogP contribution in [0.15, 0.2) is 63.8 Å². The van der Waals surface area contributed by atoms with Gasteiger partial charge in [-0.2, -0.15) is 0 Å². The van der Waals surface area contributed by atoms with Gasteiger partial charge < -0.3 is 13.9 Å². The molecule has 6 nitrogen and oxygen atoms in total. The molecule has 1 aliphatic heterocycles. The fraction of sp³-hybridized carbons (Fsp3) is 0.312. The van der Waals surface area contributed by atoms with E-state index >= 15 is 0 Å². The van der Waals surface area contributed by atoms with Crippen LogP contribution in [0, 0.1) is 26.7 Å². The number of hydrogen-bond acceptors (Lipinski definition) is 5. The molecule has 4 aromatic rings. The van der Waals surface area contributed by atoms with Crippen LogP contribution in [-0.4, -0.2) is 19.6 Å². The Morgan fingerprint density at radius 2 is 1.71 bits per heavy atom. The largest absolute Gasteiger partial charge is 0.493 e. The van der Waals surface area contributed by atoms with E-state index in [-0.39, 0.29) is 17.1 Å². The van der Waals surface area contributed by atoms with E-state index < -0.39 is 6.04 Å². The summed E-state index contributed by atoms with van der Waals surface area (Å²) in [6.45, 7) is 10.8. The zero-order chi connectivity index (χ0) is 27.1. The first-order chi connectivity index (χ1) is 18.2. The second-order valence-corrected chi connectivity index (χ2v) is 10.5. The number of methoxy groups -OCH3 is 1. The van der Waals surface area contributed by atoms with Crippen molar-refractivity contribution in [2.24, 2.45) is 5.92 Å². The Morgan fingerprint density at radius 1 is 0.947 bits per heavy atom. The molecule has 0 aliphatic carbocycles. The molecule has 38 heavy (non-hydrogen) atoms. The maximum Gasteiger partial charge on any atom is 0.295 e. The Balaban J connectivity index is 1.70. The third-order valence-electron chi connectivity index (χ3n) is 7.22. The lowest BCUT2D eigenvalue weighted by Gasteiger charge is -2.26. The summed E-state index contributed by atoms with van der Waals surface area (Å²) in [7, 11) is 1.59. The number of fused-ring (bicyclic) bond motifs is 2. The van der Waals surface area contributed by atoms with Crippen LogP contribution in [0.3, 0.4) is 0 Å². The van der Waals surface area contributed by atoms with Crippen LogP contribution in [0.25, 0.3) is 11.0 Å². The number of nitrogens with zero attached hydrogens (tertiary/aromatic N) is 1. The number of carbonyl (C=O) groups excluding carboxylic acids is 1. The highest BCUT2D eigenvalue weighted by Crippen LogP contribution is 2.43. The zero-order valence-corrected chi connectivity index (χ0v) is 22.8. The average molecular weight is 512 g/mol. The zero-order valence-electron chi connectivity index (χ0n) is 22.8. The first kappa shape index (κ1) is 25.6. The SMILES string of the molecule is COc1cc(C2c3c(oc4cc(C)c(C)cc4c3=O)C(=O)N2c2cccc(C)c2)ccc1OCCC(C)C. The lowest BCUT2D eigenvalue weighted by Crippen LogP contribution is -2.29. The molecule has 3 aromatic carbocycles. The van der Waals surface area contributed by atoms with E-state index in [1.165, 1.54) is 0 Å². The number of carbonyl (C=O) groups is 1. The van der Waals surface area contributed by atoms with E-state index in [0.29, 0.717) is 46.2 Å². The number of benzene rings is 3. The van der Waals surface area contributed by atoms with Gasteiger partial charge in [0.25, 0.3) is 5.91 Å². The van der Waals surface area contributed by atoms with Crippen molar-refractivity contribution in [2.45, 2.75) is 47.1 Å². The smallest absolute Gasteiger partial charge is 0.295 e. The topological polar surface area (TPSA) is 69.0 Å². The summed E-state index contributed by atoms with van der Waals surface area (Å²) < 4.78 is 17.8. The van der Waals surface area contributed by atoms with E-state index in [0.717, 1.165) is 28.7 Å². The van der Waals surface area contributed by atoms with Gasteiger partial charge in [0.1, 0.15) is 5.58 Å². The van der Waals surface area contributed by atoms with Crippen molar-refractivity contribution in [1.82, 2.24) is 0 Å². The van der Waals surface area contributed by atoms with E-state index in [1.807, 2.05) is 75.4 Å². The van der Waals surface area contributed by atoms with E-state index in [2.05, 4.69) is 13.8 Å². The van der Waals surface area contributed by atoms with Crippen molar-refractivity contribution >= 4 is 22.6 Å². The normalized spacial score (nSPS) is 14.9. The van der Waals surface area contributed by atoms with Crippen molar-refractivity contribution < 1.29 is 18.7 Å².